The third-order valence-electron chi connectivity index (χ3n) is 3.16. The number of halogens is 1. The van der Waals surface area contributed by atoms with Gasteiger partial charge in [0.15, 0.2) is 0 Å². The lowest BCUT2D eigenvalue weighted by molar-refractivity contribution is -0.166. The number of hydrogen-bond acceptors (Lipinski definition) is 4. The average molecular weight is 231 g/mol. The van der Waals surface area contributed by atoms with E-state index in [1.54, 1.807) is 13.8 Å². The van der Waals surface area contributed by atoms with Gasteiger partial charge in [-0.15, -0.1) is 0 Å². The van der Waals surface area contributed by atoms with E-state index in [2.05, 4.69) is 4.74 Å². The Morgan fingerprint density at radius 1 is 1.62 bits per heavy atom. The zero-order valence-electron chi connectivity index (χ0n) is 9.45. The van der Waals surface area contributed by atoms with Gasteiger partial charge in [0.25, 0.3) is 11.6 Å². The molecule has 0 saturated carbocycles. The Morgan fingerprint density at radius 3 is 2.75 bits per heavy atom. The molecule has 2 aliphatic rings. The quantitative estimate of drug-likeness (QED) is 0.479. The average Bonchev–Trinajstić information content (AvgIpc) is 2.65. The minimum absolute atomic E-state index is 0.193. The Balaban J connectivity index is 2.32. The monoisotopic (exact) mass is 231 g/mol. The van der Waals surface area contributed by atoms with Crippen LogP contribution in [0.1, 0.15) is 20.3 Å². The Bertz CT molecular complexity index is 357. The first-order valence-electron chi connectivity index (χ1n) is 5.08. The highest BCUT2D eigenvalue weighted by atomic mass is 19.1. The van der Waals surface area contributed by atoms with Crippen molar-refractivity contribution in [3.05, 3.63) is 0 Å². The van der Waals surface area contributed by atoms with E-state index in [0.717, 1.165) is 7.11 Å². The molecule has 2 fully saturated rings. The predicted octanol–water partition coefficient (Wildman–Crippen LogP) is 0.235. The summed E-state index contributed by atoms with van der Waals surface area (Å²) in [6, 6.07) is -0.383. The molecule has 1 amide bonds. The van der Waals surface area contributed by atoms with E-state index in [0.29, 0.717) is 0 Å². The molecular formula is C10H14FNO4. The van der Waals surface area contributed by atoms with Crippen LogP contribution in [-0.4, -0.2) is 47.9 Å². The minimum Gasteiger partial charge on any atom is -0.466 e. The van der Waals surface area contributed by atoms with Crippen molar-refractivity contribution in [2.45, 2.75) is 37.7 Å². The molecule has 0 N–H and O–H groups in total. The summed E-state index contributed by atoms with van der Waals surface area (Å²) < 4.78 is 24.0. The number of fused-ring (bicyclic) bond motifs is 1. The molecule has 2 heterocycles. The van der Waals surface area contributed by atoms with Crippen molar-refractivity contribution in [1.82, 2.24) is 4.90 Å². The third kappa shape index (κ3) is 1.25. The van der Waals surface area contributed by atoms with Gasteiger partial charge >= 0.3 is 5.97 Å². The fourth-order valence-electron chi connectivity index (χ4n) is 2.38. The first kappa shape index (κ1) is 11.3. The summed E-state index contributed by atoms with van der Waals surface area (Å²) in [7, 11) is 1.07. The van der Waals surface area contributed by atoms with Gasteiger partial charge in [0.1, 0.15) is 5.72 Å². The van der Waals surface area contributed by atoms with Crippen molar-refractivity contribution in [3.63, 3.8) is 0 Å². The van der Waals surface area contributed by atoms with E-state index in [1.165, 1.54) is 4.90 Å². The number of carbonyl (C=O) groups excluding carboxylic acids is 2. The Hall–Kier alpha value is -1.17. The number of hydrogen-bond donors (Lipinski definition) is 0. The third-order valence-corrected chi connectivity index (χ3v) is 3.16. The van der Waals surface area contributed by atoms with Crippen molar-refractivity contribution in [1.29, 1.82) is 0 Å². The van der Waals surface area contributed by atoms with E-state index >= 15 is 0 Å². The van der Waals surface area contributed by atoms with Crippen LogP contribution in [0.2, 0.25) is 0 Å². The highest BCUT2D eigenvalue weighted by molar-refractivity contribution is 6.08. The second-order valence-corrected chi connectivity index (χ2v) is 4.58. The summed E-state index contributed by atoms with van der Waals surface area (Å²) >= 11 is 0. The molecule has 0 aromatic carbocycles. The van der Waals surface area contributed by atoms with E-state index < -0.39 is 23.3 Å². The van der Waals surface area contributed by atoms with Crippen molar-refractivity contribution in [3.8, 4) is 0 Å². The Morgan fingerprint density at radius 2 is 2.25 bits per heavy atom. The van der Waals surface area contributed by atoms with E-state index in [4.69, 9.17) is 4.74 Å². The van der Waals surface area contributed by atoms with E-state index in [-0.39, 0.29) is 19.1 Å². The summed E-state index contributed by atoms with van der Waals surface area (Å²) in [6.45, 7) is 3.60. The maximum absolute atomic E-state index is 14.2. The highest BCUT2D eigenvalue weighted by Gasteiger charge is 2.64. The summed E-state index contributed by atoms with van der Waals surface area (Å²) in [6.07, 6.45) is -0.193. The molecule has 6 heteroatoms. The molecule has 2 aliphatic heterocycles. The first-order valence-corrected chi connectivity index (χ1v) is 5.08. The van der Waals surface area contributed by atoms with Gasteiger partial charge in [-0.25, -0.2) is 9.18 Å². The standard InChI is InChI=1S/C10H14FNO4/c1-9(2)12-6(5-16-9)4-10(11,7(12)13)8(14)15-3/h6H,4-5H2,1-3H3/t6-,10?/m0/s1. The molecule has 0 aliphatic carbocycles. The molecule has 2 atom stereocenters. The lowest BCUT2D eigenvalue weighted by atomic mass is 10.0. The Kier molecular flexibility index (Phi) is 2.24. The van der Waals surface area contributed by atoms with Gasteiger partial charge in [-0.2, -0.15) is 0 Å². The van der Waals surface area contributed by atoms with Crippen LogP contribution in [0, 0.1) is 0 Å². The zero-order chi connectivity index (χ0) is 12.1. The summed E-state index contributed by atoms with van der Waals surface area (Å²) in [5.74, 6) is -1.98. The molecule has 0 bridgehead atoms. The molecule has 5 nitrogen and oxygen atoms in total. The SMILES string of the molecule is COC(=O)C1(F)C[C@H]2COC(C)(C)N2C1=O. The van der Waals surface area contributed by atoms with Crippen LogP contribution in [0.15, 0.2) is 0 Å². The maximum Gasteiger partial charge on any atom is 0.353 e. The molecule has 0 spiro atoms. The number of esters is 1. The molecule has 2 saturated heterocycles. The van der Waals surface area contributed by atoms with Crippen LogP contribution in [0.4, 0.5) is 4.39 Å². The van der Waals surface area contributed by atoms with Crippen LogP contribution in [0.25, 0.3) is 0 Å². The van der Waals surface area contributed by atoms with Crippen LogP contribution < -0.4 is 0 Å². The molecular weight excluding hydrogens is 217 g/mol. The maximum atomic E-state index is 14.2. The number of nitrogens with zero attached hydrogens (tertiary/aromatic N) is 1. The van der Waals surface area contributed by atoms with E-state index in [1.807, 2.05) is 0 Å². The van der Waals surface area contributed by atoms with Crippen molar-refractivity contribution < 1.29 is 23.5 Å². The van der Waals surface area contributed by atoms with Crippen LogP contribution >= 0.6 is 0 Å². The topological polar surface area (TPSA) is 55.8 Å². The van der Waals surface area contributed by atoms with Crippen molar-refractivity contribution in [2.75, 3.05) is 13.7 Å². The molecule has 90 valence electrons. The molecule has 2 rings (SSSR count). The van der Waals surface area contributed by atoms with Crippen LogP contribution in [0.5, 0.6) is 0 Å². The number of rotatable bonds is 1. The molecule has 0 radical (unpaired) electrons. The van der Waals surface area contributed by atoms with E-state index in [9.17, 15) is 14.0 Å². The van der Waals surface area contributed by atoms with Gasteiger partial charge in [-0.3, -0.25) is 4.79 Å². The number of methoxy groups -OCH3 is 1. The fraction of sp³-hybridized carbons (Fsp3) is 0.800. The first-order chi connectivity index (χ1) is 7.33. The van der Waals surface area contributed by atoms with Crippen LogP contribution in [0.3, 0.4) is 0 Å². The number of carbonyl (C=O) groups is 2. The van der Waals surface area contributed by atoms with Gasteiger partial charge in [-0.1, -0.05) is 0 Å². The summed E-state index contributed by atoms with van der Waals surface area (Å²) in [4.78, 5) is 24.5. The highest BCUT2D eigenvalue weighted by Crippen LogP contribution is 2.42. The lowest BCUT2D eigenvalue weighted by Gasteiger charge is -2.29. The number of amides is 1. The van der Waals surface area contributed by atoms with Gasteiger partial charge in [0.05, 0.1) is 19.8 Å². The molecule has 16 heavy (non-hydrogen) atoms. The van der Waals surface area contributed by atoms with Crippen molar-refractivity contribution >= 4 is 11.9 Å². The predicted molar refractivity (Wildman–Crippen MR) is 51.1 cm³/mol. The van der Waals surface area contributed by atoms with Crippen molar-refractivity contribution in [2.24, 2.45) is 0 Å². The summed E-state index contributed by atoms with van der Waals surface area (Å²) in [5, 5.41) is 0. The number of ether oxygens (including phenoxy) is 2. The van der Waals surface area contributed by atoms with Gasteiger partial charge in [-0.05, 0) is 13.8 Å². The smallest absolute Gasteiger partial charge is 0.353 e. The normalized spacial score (nSPS) is 36.4. The fourth-order valence-corrected chi connectivity index (χ4v) is 2.38. The van der Waals surface area contributed by atoms with Crippen LogP contribution in [-0.2, 0) is 19.1 Å². The minimum atomic E-state index is -2.54. The second-order valence-electron chi connectivity index (χ2n) is 4.58. The Labute approximate surface area is 92.5 Å². The molecule has 0 aromatic heterocycles. The lowest BCUT2D eigenvalue weighted by Crippen LogP contribution is -2.50. The molecule has 0 aromatic rings. The number of alkyl halides is 1. The largest absolute Gasteiger partial charge is 0.466 e. The molecule has 1 unspecified atom stereocenters. The summed E-state index contributed by atoms with van der Waals surface area (Å²) in [5.41, 5.74) is -3.40. The second kappa shape index (κ2) is 3.16. The van der Waals surface area contributed by atoms with Gasteiger partial charge in [0, 0.05) is 6.42 Å². The van der Waals surface area contributed by atoms with Gasteiger partial charge in [0.2, 0.25) is 0 Å². The van der Waals surface area contributed by atoms with Gasteiger partial charge < -0.3 is 14.4 Å². The zero-order valence-corrected chi connectivity index (χ0v) is 9.45.